The molecule has 6 unspecified atom stereocenters. The standard InChI is InChI=1S/C51H61N9O19/c1-6-30-31-22-29(62)9-10-35(31)52-40-32(30)25-59-37(40)23-34-33(45(59)66)26-75-48(69)51(34,7-2)79-50(71)57(16-18-74-19-17-61)14-13-56(5)49(70)77-39(21-28-24-58(54-53-28)15-12-55(3)4)27-8-11-38(36(20-27)60(72)73)76-47-43(65)41(63)42(64)44(78-47)46(67)68/h8-11,20,22-24,39,41-44,47,61-65H,6-7,12-19,21,25-26H2,1-5H3,(H,67,68)/t39?,41?,42?,43?,44?,47?,51-/m0/s1. The van der Waals surface area contributed by atoms with Crippen LogP contribution in [0.4, 0.5) is 15.3 Å². The van der Waals surface area contributed by atoms with E-state index in [4.69, 9.17) is 33.4 Å². The van der Waals surface area contributed by atoms with Gasteiger partial charge in [-0.05, 0) is 68.4 Å². The first-order valence-electron chi connectivity index (χ1n) is 25.3. The lowest BCUT2D eigenvalue weighted by Crippen LogP contribution is -2.61. The number of esters is 1. The van der Waals surface area contributed by atoms with Crippen molar-refractivity contribution in [1.82, 2.24) is 39.2 Å². The van der Waals surface area contributed by atoms with Gasteiger partial charge in [0.1, 0.15) is 36.8 Å². The van der Waals surface area contributed by atoms with Gasteiger partial charge >= 0.3 is 29.8 Å². The number of aromatic hydroxyl groups is 1. The summed E-state index contributed by atoms with van der Waals surface area (Å²) in [6.07, 6.45) is -11.8. The minimum atomic E-state index is -2.13. The van der Waals surface area contributed by atoms with Crippen molar-refractivity contribution >= 4 is 40.7 Å². The lowest BCUT2D eigenvalue weighted by atomic mass is 9.85. The second-order valence-corrected chi connectivity index (χ2v) is 19.3. The number of nitro benzene ring substituents is 1. The Morgan fingerprint density at radius 1 is 0.962 bits per heavy atom. The Morgan fingerprint density at radius 3 is 2.43 bits per heavy atom. The number of pyridine rings is 2. The number of carbonyl (C=O) groups excluding carboxylic acids is 3. The van der Waals surface area contributed by atoms with E-state index in [2.05, 4.69) is 10.3 Å². The number of benzene rings is 2. The highest BCUT2D eigenvalue weighted by atomic mass is 16.7. The number of aliphatic hydroxyl groups is 4. The van der Waals surface area contributed by atoms with E-state index in [0.717, 1.165) is 38.4 Å². The smallest absolute Gasteiger partial charge is 0.411 e. The van der Waals surface area contributed by atoms with Gasteiger partial charge in [-0.2, -0.15) is 0 Å². The average Bonchev–Trinajstić information content (AvgIpc) is 4.29. The predicted molar refractivity (Wildman–Crippen MR) is 271 cm³/mol. The van der Waals surface area contributed by atoms with E-state index >= 15 is 0 Å². The highest BCUT2D eigenvalue weighted by molar-refractivity contribution is 5.90. The van der Waals surface area contributed by atoms with Crippen LogP contribution in [0.1, 0.15) is 59.9 Å². The van der Waals surface area contributed by atoms with Crippen molar-refractivity contribution < 1.29 is 83.2 Å². The van der Waals surface area contributed by atoms with E-state index in [9.17, 15) is 64.7 Å². The fourth-order valence-electron chi connectivity index (χ4n) is 9.65. The molecule has 3 aromatic heterocycles. The third-order valence-corrected chi connectivity index (χ3v) is 14.0. The molecule has 0 saturated carbocycles. The maximum Gasteiger partial charge on any atom is 0.411 e. The van der Waals surface area contributed by atoms with E-state index in [-0.39, 0.29) is 81.3 Å². The molecule has 28 nitrogen and oxygen atoms in total. The molecule has 3 aliphatic rings. The van der Waals surface area contributed by atoms with Crippen LogP contribution in [0, 0.1) is 10.1 Å². The Balaban J connectivity index is 1.05. The van der Waals surface area contributed by atoms with Gasteiger partial charge in [-0.25, -0.2) is 24.2 Å². The SMILES string of the molecule is CCc1c2c(nc3ccc(O)cc13)-c1cc3c(c(=O)n1C2)COC(=O)[C@@]3(CC)OC(=O)N(CCOCCO)CCN(C)C(=O)OC(Cc1cn(CCN(C)C)nn1)c1ccc(OC2OC(C(=O)O)C(O)C(O)C2O)c([N+](=O)[O-])c1. The summed E-state index contributed by atoms with van der Waals surface area (Å²) in [6, 6.07) is 9.81. The maximum atomic E-state index is 14.5. The van der Waals surface area contributed by atoms with Crippen LogP contribution in [0.3, 0.4) is 0 Å². The summed E-state index contributed by atoms with van der Waals surface area (Å²) in [5, 5.41) is 81.9. The van der Waals surface area contributed by atoms with Crippen LogP contribution < -0.4 is 10.3 Å². The van der Waals surface area contributed by atoms with Crippen molar-refractivity contribution in [2.75, 3.05) is 67.1 Å². The van der Waals surface area contributed by atoms with Crippen LogP contribution in [0.25, 0.3) is 22.3 Å². The normalized spacial score (nSPS) is 20.7. The van der Waals surface area contributed by atoms with Crippen molar-refractivity contribution in [1.29, 1.82) is 0 Å². The van der Waals surface area contributed by atoms with Gasteiger partial charge in [0.25, 0.3) is 5.56 Å². The van der Waals surface area contributed by atoms with Crippen LogP contribution >= 0.6 is 0 Å². The molecule has 0 bridgehead atoms. The Morgan fingerprint density at radius 2 is 1.73 bits per heavy atom. The first-order valence-corrected chi connectivity index (χ1v) is 25.3. The van der Waals surface area contributed by atoms with Crippen LogP contribution in [0.15, 0.2) is 53.5 Å². The minimum absolute atomic E-state index is 0.0346. The number of fused-ring (bicyclic) bond motifs is 5. The summed E-state index contributed by atoms with van der Waals surface area (Å²) < 4.78 is 37.0. The first-order chi connectivity index (χ1) is 37.7. The molecule has 0 radical (unpaired) electrons. The number of aliphatic hydroxyl groups excluding tert-OH is 4. The number of phenolic OH excluding ortho intramolecular Hbond substituents is 1. The number of carbonyl (C=O) groups is 4. The van der Waals surface area contributed by atoms with Crippen LogP contribution in [-0.4, -0.2) is 197 Å². The summed E-state index contributed by atoms with van der Waals surface area (Å²) in [7, 11) is 5.09. The van der Waals surface area contributed by atoms with Crippen LogP contribution in [0.5, 0.6) is 11.5 Å². The van der Waals surface area contributed by atoms with Crippen molar-refractivity contribution in [2.24, 2.45) is 0 Å². The molecule has 1 fully saturated rings. The minimum Gasteiger partial charge on any atom is -0.508 e. The molecule has 79 heavy (non-hydrogen) atoms. The molecule has 424 valence electrons. The second kappa shape index (κ2) is 24.0. The van der Waals surface area contributed by atoms with Crippen molar-refractivity contribution in [3.63, 3.8) is 0 Å². The second-order valence-electron chi connectivity index (χ2n) is 19.3. The fourth-order valence-corrected chi connectivity index (χ4v) is 9.65. The zero-order valence-corrected chi connectivity index (χ0v) is 43.8. The predicted octanol–water partition coefficient (Wildman–Crippen LogP) is 1.19. The fraction of sp³-hybridized carbons (Fsp3) is 0.490. The highest BCUT2D eigenvalue weighted by Crippen LogP contribution is 2.43. The number of hydrogen-bond acceptors (Lipinski definition) is 22. The summed E-state index contributed by atoms with van der Waals surface area (Å²) in [6.45, 7) is 3.08. The van der Waals surface area contributed by atoms with Gasteiger partial charge in [0.15, 0.2) is 11.9 Å². The number of nitro groups is 1. The maximum absolute atomic E-state index is 14.5. The van der Waals surface area contributed by atoms with Gasteiger partial charge in [-0.1, -0.05) is 25.1 Å². The lowest BCUT2D eigenvalue weighted by molar-refractivity contribution is -0.387. The summed E-state index contributed by atoms with van der Waals surface area (Å²) in [5.74, 6) is -3.13. The number of aromatic nitrogens is 5. The number of cyclic esters (lactones) is 1. The lowest BCUT2D eigenvalue weighted by Gasteiger charge is -2.38. The Kier molecular flexibility index (Phi) is 17.4. The third kappa shape index (κ3) is 11.8. The number of likely N-dealkylation sites (N-methyl/N-ethyl adjacent to an activating group) is 2. The number of aliphatic carboxylic acids is 1. The van der Waals surface area contributed by atoms with Crippen molar-refractivity contribution in [2.45, 2.75) is 95.2 Å². The molecule has 28 heteroatoms. The van der Waals surface area contributed by atoms with E-state index < -0.39 is 95.1 Å². The summed E-state index contributed by atoms with van der Waals surface area (Å²) in [5.41, 5.74) is 0.278. The van der Waals surface area contributed by atoms with Crippen molar-refractivity contribution in [3.05, 3.63) is 103 Å². The molecule has 7 atom stereocenters. The molecular formula is C51H61N9O19. The number of carboxylic acids is 1. The zero-order chi connectivity index (χ0) is 57.0. The topological polar surface area (TPSA) is 364 Å². The van der Waals surface area contributed by atoms with Crippen LogP contribution in [0.2, 0.25) is 0 Å². The molecule has 2 aromatic carbocycles. The first kappa shape index (κ1) is 57.3. The Bertz CT molecular complexity index is 3190. The van der Waals surface area contributed by atoms with Crippen molar-refractivity contribution in [3.8, 4) is 22.9 Å². The monoisotopic (exact) mass is 1100 g/mol. The number of aryl methyl sites for hydroxylation is 1. The average molecular weight is 1100 g/mol. The molecule has 0 spiro atoms. The number of nitrogens with zero attached hydrogens (tertiary/aromatic N) is 9. The number of phenols is 1. The number of rotatable bonds is 22. The molecule has 1 saturated heterocycles. The molecular weight excluding hydrogens is 1040 g/mol. The molecule has 8 rings (SSSR count). The third-order valence-electron chi connectivity index (χ3n) is 14.0. The number of carboxylic acid groups (broad SMARTS) is 1. The van der Waals surface area contributed by atoms with E-state index in [1.807, 2.05) is 25.9 Å². The number of hydrogen-bond donors (Lipinski definition) is 6. The van der Waals surface area contributed by atoms with Crippen LogP contribution in [-0.2, 0) is 71.4 Å². The van der Waals surface area contributed by atoms with E-state index in [1.54, 1.807) is 36.0 Å². The molecule has 0 aliphatic carbocycles. The highest BCUT2D eigenvalue weighted by Gasteiger charge is 2.52. The molecule has 3 aliphatic heterocycles. The number of amides is 2. The van der Waals surface area contributed by atoms with Gasteiger partial charge in [-0.3, -0.25) is 19.6 Å². The van der Waals surface area contributed by atoms with Gasteiger partial charge in [-0.15, -0.1) is 5.10 Å². The zero-order valence-electron chi connectivity index (χ0n) is 43.8. The Labute approximate surface area is 449 Å². The molecule has 2 amide bonds. The largest absolute Gasteiger partial charge is 0.508 e. The molecule has 5 aromatic rings. The summed E-state index contributed by atoms with van der Waals surface area (Å²) in [4.78, 5) is 89.5. The van der Waals surface area contributed by atoms with E-state index in [0.29, 0.717) is 42.1 Å². The van der Waals surface area contributed by atoms with Gasteiger partial charge in [0, 0.05) is 68.4 Å². The van der Waals surface area contributed by atoms with Gasteiger partial charge < -0.3 is 78.3 Å². The molecule has 6 heterocycles. The Hall–Kier alpha value is -7.86. The van der Waals surface area contributed by atoms with Gasteiger partial charge in [0.2, 0.25) is 11.9 Å². The van der Waals surface area contributed by atoms with E-state index in [1.165, 1.54) is 23.7 Å². The quantitative estimate of drug-likeness (QED) is 0.0183. The molecule has 6 N–H and O–H groups in total. The summed E-state index contributed by atoms with van der Waals surface area (Å²) >= 11 is 0. The van der Waals surface area contributed by atoms with Gasteiger partial charge in [0.05, 0.1) is 66.0 Å². The number of ether oxygens (including phenoxy) is 6.